The summed E-state index contributed by atoms with van der Waals surface area (Å²) >= 11 is 0. The molecule has 0 aliphatic heterocycles. The van der Waals surface area contributed by atoms with Gasteiger partial charge in [-0.3, -0.25) is 0 Å². The van der Waals surface area contributed by atoms with Gasteiger partial charge in [-0.25, -0.2) is 0 Å². The molecule has 2 nitrogen and oxygen atoms in total. The van der Waals surface area contributed by atoms with Crippen molar-refractivity contribution in [1.82, 2.24) is 10.6 Å². The first-order chi connectivity index (χ1) is 9.03. The van der Waals surface area contributed by atoms with Crippen LogP contribution in [0.25, 0.3) is 0 Å². The maximum atomic E-state index is 3.85. The highest BCUT2D eigenvalue weighted by Crippen LogP contribution is 2.25. The Kier molecular flexibility index (Phi) is 5.70. The quantitative estimate of drug-likeness (QED) is 0.807. The van der Waals surface area contributed by atoms with Crippen molar-refractivity contribution in [2.24, 2.45) is 5.92 Å². The van der Waals surface area contributed by atoms with Crippen LogP contribution in [0.3, 0.4) is 0 Å². The topological polar surface area (TPSA) is 24.1 Å². The number of hydrogen-bond acceptors (Lipinski definition) is 2. The maximum absolute atomic E-state index is 3.85. The summed E-state index contributed by atoms with van der Waals surface area (Å²) in [4.78, 5) is 0. The summed E-state index contributed by atoms with van der Waals surface area (Å²) in [6, 6.07) is 1.53. The molecule has 0 amide bonds. The number of nitrogens with one attached hydrogen (secondary N) is 2. The first kappa shape index (κ1) is 15.3. The SMILES string of the molecule is CC(C)(C)NC1CCC(NCC2CCCCC2)CC1. The van der Waals surface area contributed by atoms with Gasteiger partial charge in [0, 0.05) is 17.6 Å². The van der Waals surface area contributed by atoms with Gasteiger partial charge in [-0.2, -0.15) is 0 Å². The van der Waals surface area contributed by atoms with Gasteiger partial charge >= 0.3 is 0 Å². The first-order valence-electron chi connectivity index (χ1n) is 8.54. The van der Waals surface area contributed by atoms with Crippen LogP contribution in [0, 0.1) is 5.92 Å². The van der Waals surface area contributed by atoms with Gasteiger partial charge in [0.2, 0.25) is 0 Å². The largest absolute Gasteiger partial charge is 0.314 e. The van der Waals surface area contributed by atoms with E-state index in [1.54, 1.807) is 0 Å². The molecule has 0 bridgehead atoms. The van der Waals surface area contributed by atoms with Crippen molar-refractivity contribution in [3.05, 3.63) is 0 Å². The maximum Gasteiger partial charge on any atom is 0.00990 e. The van der Waals surface area contributed by atoms with Gasteiger partial charge in [0.05, 0.1) is 0 Å². The van der Waals surface area contributed by atoms with Gasteiger partial charge in [0.1, 0.15) is 0 Å². The van der Waals surface area contributed by atoms with Crippen molar-refractivity contribution in [3.63, 3.8) is 0 Å². The van der Waals surface area contributed by atoms with Crippen LogP contribution in [0.2, 0.25) is 0 Å². The lowest BCUT2D eigenvalue weighted by Gasteiger charge is -2.35. The first-order valence-corrected chi connectivity index (χ1v) is 8.54. The Morgan fingerprint density at radius 2 is 1.37 bits per heavy atom. The Morgan fingerprint density at radius 1 is 0.789 bits per heavy atom. The molecular weight excluding hydrogens is 232 g/mol. The Morgan fingerprint density at radius 3 is 1.95 bits per heavy atom. The smallest absolute Gasteiger partial charge is 0.00990 e. The predicted molar refractivity (Wildman–Crippen MR) is 83.5 cm³/mol. The van der Waals surface area contributed by atoms with Gasteiger partial charge in [-0.15, -0.1) is 0 Å². The molecule has 2 rings (SSSR count). The second-order valence-electron chi connectivity index (χ2n) is 7.86. The average Bonchev–Trinajstić information content (AvgIpc) is 2.37. The summed E-state index contributed by atoms with van der Waals surface area (Å²) < 4.78 is 0. The fourth-order valence-electron chi connectivity index (χ4n) is 3.78. The third-order valence-corrected chi connectivity index (χ3v) is 4.78. The molecule has 19 heavy (non-hydrogen) atoms. The molecule has 2 fully saturated rings. The minimum atomic E-state index is 0.271. The molecule has 2 aliphatic rings. The highest BCUT2D eigenvalue weighted by atomic mass is 15.0. The summed E-state index contributed by atoms with van der Waals surface area (Å²) in [5, 5.41) is 7.60. The average molecular weight is 266 g/mol. The van der Waals surface area contributed by atoms with Crippen LogP contribution >= 0.6 is 0 Å². The molecule has 2 saturated carbocycles. The third-order valence-electron chi connectivity index (χ3n) is 4.78. The van der Waals surface area contributed by atoms with E-state index in [4.69, 9.17) is 0 Å². The van der Waals surface area contributed by atoms with Gasteiger partial charge in [-0.1, -0.05) is 19.3 Å². The molecule has 2 N–H and O–H groups in total. The Bertz CT molecular complexity index is 242. The fraction of sp³-hybridized carbons (Fsp3) is 1.00. The molecule has 0 aromatic carbocycles. The highest BCUT2D eigenvalue weighted by Gasteiger charge is 2.24. The molecule has 2 heteroatoms. The van der Waals surface area contributed by atoms with E-state index >= 15 is 0 Å². The van der Waals surface area contributed by atoms with Crippen molar-refractivity contribution in [3.8, 4) is 0 Å². The van der Waals surface area contributed by atoms with E-state index in [0.717, 1.165) is 18.0 Å². The van der Waals surface area contributed by atoms with E-state index < -0.39 is 0 Å². The van der Waals surface area contributed by atoms with Crippen molar-refractivity contribution in [1.29, 1.82) is 0 Å². The fourth-order valence-corrected chi connectivity index (χ4v) is 3.78. The van der Waals surface area contributed by atoms with Crippen LogP contribution in [0.15, 0.2) is 0 Å². The van der Waals surface area contributed by atoms with Crippen LogP contribution in [0.5, 0.6) is 0 Å². The van der Waals surface area contributed by atoms with Crippen LogP contribution in [-0.2, 0) is 0 Å². The Hall–Kier alpha value is -0.0800. The van der Waals surface area contributed by atoms with Gasteiger partial charge < -0.3 is 10.6 Å². The van der Waals surface area contributed by atoms with E-state index in [-0.39, 0.29) is 5.54 Å². The summed E-state index contributed by atoms with van der Waals surface area (Å²) in [7, 11) is 0. The molecule has 0 spiro atoms. The van der Waals surface area contributed by atoms with Crippen molar-refractivity contribution in [2.45, 2.75) is 96.2 Å². The van der Waals surface area contributed by atoms with Gasteiger partial charge in [0.25, 0.3) is 0 Å². The molecule has 0 aromatic heterocycles. The van der Waals surface area contributed by atoms with Gasteiger partial charge in [0.15, 0.2) is 0 Å². The number of hydrogen-bond donors (Lipinski definition) is 2. The van der Waals surface area contributed by atoms with E-state index in [9.17, 15) is 0 Å². The zero-order valence-electron chi connectivity index (χ0n) is 13.3. The number of rotatable bonds is 4. The van der Waals surface area contributed by atoms with E-state index in [0.29, 0.717) is 0 Å². The molecule has 2 aliphatic carbocycles. The standard InChI is InChI=1S/C17H34N2/c1-17(2,3)19-16-11-9-15(10-12-16)18-13-14-7-5-4-6-8-14/h14-16,18-19H,4-13H2,1-3H3. The molecule has 0 atom stereocenters. The van der Waals surface area contributed by atoms with Crippen LogP contribution < -0.4 is 10.6 Å². The zero-order valence-corrected chi connectivity index (χ0v) is 13.3. The van der Waals surface area contributed by atoms with Crippen molar-refractivity contribution in [2.75, 3.05) is 6.54 Å². The van der Waals surface area contributed by atoms with Gasteiger partial charge in [-0.05, 0) is 71.8 Å². The van der Waals surface area contributed by atoms with Crippen molar-refractivity contribution >= 4 is 0 Å². The third kappa shape index (κ3) is 5.83. The molecule has 112 valence electrons. The molecular formula is C17H34N2. The normalized spacial score (nSPS) is 30.5. The minimum absolute atomic E-state index is 0.271. The second kappa shape index (κ2) is 7.08. The zero-order chi connectivity index (χ0) is 13.7. The molecule has 0 heterocycles. The Balaban J connectivity index is 1.60. The highest BCUT2D eigenvalue weighted by molar-refractivity contribution is 4.85. The van der Waals surface area contributed by atoms with E-state index in [2.05, 4.69) is 31.4 Å². The molecule has 0 unspecified atom stereocenters. The van der Waals surface area contributed by atoms with E-state index in [1.807, 2.05) is 0 Å². The Labute approximate surface area is 120 Å². The summed E-state index contributed by atoms with van der Waals surface area (Å²) in [5.74, 6) is 0.971. The summed E-state index contributed by atoms with van der Waals surface area (Å²) in [6.07, 6.45) is 12.8. The summed E-state index contributed by atoms with van der Waals surface area (Å²) in [5.41, 5.74) is 0.271. The molecule has 0 radical (unpaired) electrons. The molecule has 0 aromatic rings. The molecule has 0 saturated heterocycles. The summed E-state index contributed by atoms with van der Waals surface area (Å²) in [6.45, 7) is 8.11. The minimum Gasteiger partial charge on any atom is -0.314 e. The van der Waals surface area contributed by atoms with E-state index in [1.165, 1.54) is 64.3 Å². The van der Waals surface area contributed by atoms with Crippen LogP contribution in [-0.4, -0.2) is 24.2 Å². The van der Waals surface area contributed by atoms with Crippen molar-refractivity contribution < 1.29 is 0 Å². The lowest BCUT2D eigenvalue weighted by atomic mass is 9.87. The van der Waals surface area contributed by atoms with Crippen LogP contribution in [0.1, 0.15) is 78.6 Å². The predicted octanol–water partition coefficient (Wildman–Crippen LogP) is 3.86. The monoisotopic (exact) mass is 266 g/mol. The lowest BCUT2D eigenvalue weighted by molar-refractivity contribution is 0.248. The van der Waals surface area contributed by atoms with Crippen LogP contribution in [0.4, 0.5) is 0 Å². The second-order valence-corrected chi connectivity index (χ2v) is 7.86. The lowest BCUT2D eigenvalue weighted by Crippen LogP contribution is -2.47.